The van der Waals surface area contributed by atoms with E-state index in [1.807, 2.05) is 92.2 Å². The zero-order valence-electron chi connectivity index (χ0n) is 75.4. The molecule has 0 unspecified atom stereocenters. The molecule has 17 rings (SSSR count). The Kier molecular flexibility index (Phi) is 35.0. The Morgan fingerprint density at radius 3 is 1.16 bits per heavy atom. The Bertz CT molecular complexity index is 6800. The smallest absolute Gasteiger partial charge is 0.344 e. The Morgan fingerprint density at radius 2 is 0.779 bits per heavy atom. The van der Waals surface area contributed by atoms with Gasteiger partial charge in [0.1, 0.15) is 65.4 Å². The molecule has 0 radical (unpaired) electrons. The van der Waals surface area contributed by atoms with Gasteiger partial charge in [-0.3, -0.25) is 39.1 Å². The number of carbonyl (C=O) groups excluding carboxylic acids is 4. The SMILES string of the molecule is COCCCCCC(=O)c1csc2nc(-c3ccccn3)nc(N3CCS(=O)(=O)CC3)c12.COCCCCNC(=O)c1csc2nc(-c3ccccn3)nc(N(CCOC)CCOC)c12.COc1ccc(CCNC(=O)c2csc3nc(-c4ccccn4)nc(N4CCS(=O)(=O)CC4)c23)cn1.O=C(NCCc1cnc(=O)[nH]c1)c1csc2nc(-c3ccccn3)nc(N3CCS(=O)(=O)CC3)c12. The summed E-state index contributed by atoms with van der Waals surface area (Å²) in [5, 5.41) is 18.8. The molecule has 3 saturated heterocycles. The number of ether oxygens (including phenoxy) is 5. The van der Waals surface area contributed by atoms with Gasteiger partial charge in [-0.1, -0.05) is 36.8 Å². The number of unbranched alkanes of at least 4 members (excludes halogenated alkanes) is 3. The number of amides is 3. The first-order valence-electron chi connectivity index (χ1n) is 43.8. The first-order chi connectivity index (χ1) is 66.0. The van der Waals surface area contributed by atoms with E-state index >= 15 is 0 Å². The van der Waals surface area contributed by atoms with Crippen LogP contribution in [-0.4, -0.2) is 292 Å². The summed E-state index contributed by atoms with van der Waals surface area (Å²) in [6.45, 7) is 6.81. The van der Waals surface area contributed by atoms with Crippen LogP contribution in [0, 0.1) is 0 Å². The van der Waals surface area contributed by atoms with Gasteiger partial charge in [0.15, 0.2) is 58.6 Å². The molecule has 45 heteroatoms. The fourth-order valence-electron chi connectivity index (χ4n) is 14.8. The second kappa shape index (κ2) is 47.8. The molecule has 0 atom stereocenters. The van der Waals surface area contributed by atoms with Gasteiger partial charge in [-0.2, -0.15) is 0 Å². The molecule has 714 valence electrons. The number of ketones is 1. The standard InChI is InChI=1S/C24H24N6O4S2.C23H31N5O4S.C22H21N7O4S2.C22H26N4O4S2/c1-34-19-6-5-16(14-27-19)7-9-26-23(31)17-15-35-24-20(17)22(30-10-12-36(32,33)13-11-30)28-21(29-24)18-4-2-3-8-25-18;1-30-13-7-6-10-25-22(29)17-16-33-23-19(17)21(28(11-14-31-2)12-15-32-3)26-20(27-23)18-8-4-5-9-24-18;30-20(24-6-4-14-11-25-22(31)26-12-14)15-13-34-21-17(15)19(29-7-9-35(32,33)10-8-29)27-18(28-21)16-3-1-2-5-23-16;1-30-12-6-2-3-8-18(27)16-15-31-22-19(16)21(26-10-13-32(28,29)14-11-26)24-20(25-22)17-7-4-5-9-23-17/h2-6,8,14-15H,7,9-13H2,1H3,(H,26,31);4-5,8-9,16H,6-7,10-15H2,1-3H3,(H,25,29);1-3,5,11-13H,4,6-10H2,(H,24,30)(H,25,26,31);4-5,7,9,15H,2-3,6,8,10-14H2,1H3. The van der Waals surface area contributed by atoms with Gasteiger partial charge in [-0.15, -0.1) is 45.3 Å². The number of hydrogen-bond donors (Lipinski definition) is 4. The quantitative estimate of drug-likeness (QED) is 0.0209. The molecule has 0 spiro atoms. The van der Waals surface area contributed by atoms with E-state index in [0.717, 1.165) is 58.8 Å². The number of anilines is 4. The fourth-order valence-corrected chi connectivity index (χ4v) is 22.1. The van der Waals surface area contributed by atoms with Crippen LogP contribution in [-0.2, 0) is 61.3 Å². The topological polar surface area (TPSA) is 479 Å². The Labute approximate surface area is 800 Å². The zero-order chi connectivity index (χ0) is 95.6. The van der Waals surface area contributed by atoms with Gasteiger partial charge in [0.25, 0.3) is 17.7 Å². The third-order valence-electron chi connectivity index (χ3n) is 22.1. The maximum Gasteiger partial charge on any atom is 0.344 e. The maximum atomic E-state index is 13.2. The molecular weight excluding hydrogens is 1880 g/mol. The first kappa shape index (κ1) is 99.5. The molecule has 0 bridgehead atoms. The van der Waals surface area contributed by atoms with E-state index in [0.29, 0.717) is 227 Å². The van der Waals surface area contributed by atoms with E-state index in [1.54, 1.807) is 102 Å². The molecule has 14 aromatic rings. The predicted octanol–water partition coefficient (Wildman–Crippen LogP) is 9.79. The van der Waals surface area contributed by atoms with Crippen molar-refractivity contribution in [1.82, 2.24) is 90.7 Å². The van der Waals surface area contributed by atoms with Crippen LogP contribution in [0.4, 0.5) is 23.3 Å². The van der Waals surface area contributed by atoms with E-state index < -0.39 is 35.2 Å². The number of Topliss-reactive ketones (excluding diaryl/α,β-unsaturated/α-hetero) is 1. The van der Waals surface area contributed by atoms with Gasteiger partial charge < -0.3 is 64.2 Å². The lowest BCUT2D eigenvalue weighted by Crippen LogP contribution is -2.41. The monoisotopic (exact) mass is 1980 g/mol. The summed E-state index contributed by atoms with van der Waals surface area (Å²) in [6.07, 6.45) is 17.4. The number of sulfone groups is 3. The van der Waals surface area contributed by atoms with Crippen LogP contribution in [0.2, 0.25) is 0 Å². The second-order valence-electron chi connectivity index (χ2n) is 31.4. The molecule has 38 nitrogen and oxygen atoms in total. The molecule has 4 N–H and O–H groups in total. The van der Waals surface area contributed by atoms with Gasteiger partial charge in [0.2, 0.25) is 5.88 Å². The van der Waals surface area contributed by atoms with Gasteiger partial charge >= 0.3 is 5.69 Å². The van der Waals surface area contributed by atoms with Crippen molar-refractivity contribution in [3.63, 3.8) is 0 Å². The molecule has 3 fully saturated rings. The van der Waals surface area contributed by atoms with Crippen LogP contribution >= 0.6 is 45.3 Å². The predicted molar refractivity (Wildman–Crippen MR) is 527 cm³/mol. The van der Waals surface area contributed by atoms with Crippen LogP contribution in [0.15, 0.2) is 155 Å². The zero-order valence-corrected chi connectivity index (χ0v) is 81.1. The average Bonchev–Trinajstić information content (AvgIpc) is 1.59. The van der Waals surface area contributed by atoms with Crippen molar-refractivity contribution in [3.8, 4) is 52.0 Å². The number of rotatable bonds is 36. The number of nitrogens with one attached hydrogen (secondary N) is 4. The van der Waals surface area contributed by atoms with Gasteiger partial charge in [-0.25, -0.2) is 79.9 Å². The lowest BCUT2D eigenvalue weighted by molar-refractivity contribution is 0.0946. The number of nitrogens with zero attached hydrogens (tertiary/aromatic N) is 18. The molecule has 0 aliphatic carbocycles. The van der Waals surface area contributed by atoms with Crippen LogP contribution in [0.1, 0.15) is 91.1 Å². The molecular formula is C91H102N22O16S7. The largest absolute Gasteiger partial charge is 0.481 e. The fraction of sp³-hybridized carbons (Fsp3) is 0.374. The summed E-state index contributed by atoms with van der Waals surface area (Å²) in [5.41, 5.74) is 5.95. The number of pyridine rings is 5. The number of H-pyrrole nitrogens is 1. The number of aromatic amines is 1. The Hall–Kier alpha value is -12.4. The first-order valence-corrected chi connectivity index (χ1v) is 52.8. The minimum atomic E-state index is -3.09. The van der Waals surface area contributed by atoms with E-state index in [2.05, 4.69) is 70.7 Å². The lowest BCUT2D eigenvalue weighted by Gasteiger charge is -2.28. The Morgan fingerprint density at radius 1 is 0.404 bits per heavy atom. The van der Waals surface area contributed by atoms with Crippen LogP contribution in [0.5, 0.6) is 5.88 Å². The molecule has 136 heavy (non-hydrogen) atoms. The van der Waals surface area contributed by atoms with E-state index in [9.17, 15) is 49.2 Å². The molecule has 0 aromatic carbocycles. The summed E-state index contributed by atoms with van der Waals surface area (Å²) in [6, 6.07) is 25.8. The van der Waals surface area contributed by atoms with Crippen LogP contribution in [0.3, 0.4) is 0 Å². The minimum absolute atomic E-state index is 0.0241. The van der Waals surface area contributed by atoms with Crippen molar-refractivity contribution in [3.05, 3.63) is 194 Å². The lowest BCUT2D eigenvalue weighted by atomic mass is 10.0. The summed E-state index contributed by atoms with van der Waals surface area (Å²) < 4.78 is 97.9. The van der Waals surface area contributed by atoms with Gasteiger partial charge in [0.05, 0.1) is 93.1 Å². The Balaban J connectivity index is 0.000000145. The molecule has 3 aliphatic heterocycles. The van der Waals surface area contributed by atoms with E-state index in [4.69, 9.17) is 48.6 Å². The second-order valence-corrected chi connectivity index (χ2v) is 41.7. The highest BCUT2D eigenvalue weighted by Gasteiger charge is 2.33. The number of aromatic nitrogens is 15. The summed E-state index contributed by atoms with van der Waals surface area (Å²) in [4.78, 5) is 140. The van der Waals surface area contributed by atoms with Crippen molar-refractivity contribution >= 4 is 163 Å². The molecule has 3 aliphatic rings. The number of thiophene rings is 4. The minimum Gasteiger partial charge on any atom is -0.481 e. The maximum absolute atomic E-state index is 13.2. The molecule has 17 heterocycles. The third-order valence-corrected chi connectivity index (χ3v) is 30.4. The van der Waals surface area contributed by atoms with Gasteiger partial charge in [-0.05, 0) is 98.2 Å². The van der Waals surface area contributed by atoms with Crippen molar-refractivity contribution in [2.75, 3.05) is 188 Å². The highest BCUT2D eigenvalue weighted by Crippen LogP contribution is 2.40. The summed E-state index contributed by atoms with van der Waals surface area (Å²) in [7, 11) is -0.980. The number of fused-ring (bicyclic) bond motifs is 4. The molecule has 0 saturated carbocycles. The van der Waals surface area contributed by atoms with Crippen molar-refractivity contribution in [1.29, 1.82) is 0 Å². The van der Waals surface area contributed by atoms with E-state index in [1.165, 1.54) is 51.5 Å². The molecule has 14 aromatic heterocycles. The van der Waals surface area contributed by atoms with Crippen LogP contribution in [0.25, 0.3) is 86.9 Å². The van der Waals surface area contributed by atoms with Gasteiger partial charge in [0, 0.05) is 197 Å². The number of carbonyl (C=O) groups is 4. The van der Waals surface area contributed by atoms with Crippen LogP contribution < -0.4 is 46.0 Å². The van der Waals surface area contributed by atoms with Crippen molar-refractivity contribution < 1.29 is 68.1 Å². The highest BCUT2D eigenvalue weighted by molar-refractivity contribution is 7.92. The third kappa shape index (κ3) is 26.2. The molecule has 3 amide bonds. The average molecular weight is 1980 g/mol. The highest BCUT2D eigenvalue weighted by atomic mass is 32.2. The summed E-state index contributed by atoms with van der Waals surface area (Å²) >= 11 is 5.52. The summed E-state index contributed by atoms with van der Waals surface area (Å²) in [5.74, 6) is 4.47. The van der Waals surface area contributed by atoms with E-state index in [-0.39, 0.29) is 71.1 Å². The van der Waals surface area contributed by atoms with Crippen molar-refractivity contribution in [2.24, 2.45) is 0 Å². The number of hydrogen-bond acceptors (Lipinski definition) is 38. The number of methoxy groups -OCH3 is 5. The normalized spacial score (nSPS) is 14.3. The van der Waals surface area contributed by atoms with Crippen molar-refractivity contribution in [2.45, 2.75) is 51.4 Å².